The lowest BCUT2D eigenvalue weighted by Crippen LogP contribution is -1.99. The Morgan fingerprint density at radius 2 is 1.88 bits per heavy atom. The summed E-state index contributed by atoms with van der Waals surface area (Å²) < 4.78 is 0. The molecule has 0 aliphatic heterocycles. The molecule has 0 fully saturated rings. The van der Waals surface area contributed by atoms with E-state index < -0.39 is 0 Å². The minimum atomic E-state index is 0.856. The van der Waals surface area contributed by atoms with Crippen LogP contribution in [0.25, 0.3) is 0 Å². The topological polar surface area (TPSA) is 12.0 Å². The third-order valence-electron chi connectivity index (χ3n) is 0.568. The number of hydrogen-bond acceptors (Lipinski definition) is 1. The minimum absolute atomic E-state index is 0.856. The lowest BCUT2D eigenvalue weighted by molar-refractivity contribution is 1.04. The monoisotopic (exact) mass is 113 g/mol. The maximum atomic E-state index is 3.56. The van der Waals surface area contributed by atoms with Crippen LogP contribution in [0.15, 0.2) is 24.9 Å². The number of rotatable bonds is 2. The summed E-state index contributed by atoms with van der Waals surface area (Å²) in [5, 5.41) is 2.80. The molecule has 0 aliphatic carbocycles. The average molecular weight is 113 g/mol. The van der Waals surface area contributed by atoms with Crippen LogP contribution in [-0.2, 0) is 0 Å². The van der Waals surface area contributed by atoms with Crippen molar-refractivity contribution in [1.29, 1.82) is 0 Å². The van der Waals surface area contributed by atoms with Gasteiger partial charge in [0.2, 0.25) is 0 Å². The summed E-state index contributed by atoms with van der Waals surface area (Å²) in [6, 6.07) is 0. The molecule has 0 spiro atoms. The zero-order chi connectivity index (χ0) is 6.99. The molecule has 0 saturated heterocycles. The van der Waals surface area contributed by atoms with Crippen molar-refractivity contribution in [1.82, 2.24) is 5.32 Å². The van der Waals surface area contributed by atoms with Crippen molar-refractivity contribution < 1.29 is 0 Å². The summed E-state index contributed by atoms with van der Waals surface area (Å²) in [4.78, 5) is 0. The van der Waals surface area contributed by atoms with E-state index >= 15 is 0 Å². The fraction of sp³-hybridized carbons (Fsp3) is 0.429. The second-order valence-electron chi connectivity index (χ2n) is 0.979. The molecular formula is C7H15N. The van der Waals surface area contributed by atoms with Gasteiger partial charge in [-0.05, 0) is 6.08 Å². The van der Waals surface area contributed by atoms with Crippen LogP contribution in [0.2, 0.25) is 0 Å². The Morgan fingerprint density at radius 1 is 1.50 bits per heavy atom. The minimum Gasteiger partial charge on any atom is -0.389 e. The Kier molecular flexibility index (Phi) is 12.3. The fourth-order valence-corrected chi connectivity index (χ4v) is 0.102. The molecule has 1 N–H and O–H groups in total. The lowest BCUT2D eigenvalue weighted by atomic mass is 10.5. The molecule has 0 unspecified atom stereocenters. The average Bonchev–Trinajstić information content (AvgIpc) is 1.91. The molecular weight excluding hydrogens is 98.1 g/mol. The predicted octanol–water partition coefficient (Wildman–Crippen LogP) is 1.93. The van der Waals surface area contributed by atoms with Crippen LogP contribution in [0.5, 0.6) is 0 Å². The van der Waals surface area contributed by atoms with E-state index in [0.717, 1.165) is 5.70 Å². The molecule has 0 radical (unpaired) electrons. The molecule has 0 amide bonds. The molecule has 0 saturated carbocycles. The van der Waals surface area contributed by atoms with Gasteiger partial charge in [-0.1, -0.05) is 27.0 Å². The zero-order valence-electron chi connectivity index (χ0n) is 5.99. The molecule has 0 bridgehead atoms. The molecule has 1 heteroatoms. The Bertz CT molecular complexity index is 64.8. The van der Waals surface area contributed by atoms with Gasteiger partial charge >= 0.3 is 0 Å². The highest BCUT2D eigenvalue weighted by molar-refractivity contribution is 5.06. The summed E-state index contributed by atoms with van der Waals surface area (Å²) in [6.45, 7) is 11.0. The SMILES string of the molecule is C=CC(=C)NC.CC. The van der Waals surface area contributed by atoms with Gasteiger partial charge in [0.25, 0.3) is 0 Å². The second kappa shape index (κ2) is 9.56. The van der Waals surface area contributed by atoms with Crippen LogP contribution in [0, 0.1) is 0 Å². The molecule has 0 rings (SSSR count). The van der Waals surface area contributed by atoms with Crippen LogP contribution in [-0.4, -0.2) is 7.05 Å². The van der Waals surface area contributed by atoms with Crippen molar-refractivity contribution in [2.24, 2.45) is 0 Å². The van der Waals surface area contributed by atoms with E-state index in [1.165, 1.54) is 0 Å². The summed E-state index contributed by atoms with van der Waals surface area (Å²) >= 11 is 0. The van der Waals surface area contributed by atoms with Crippen molar-refractivity contribution in [3.63, 3.8) is 0 Å². The van der Waals surface area contributed by atoms with Crippen molar-refractivity contribution in [2.75, 3.05) is 7.05 Å². The smallest absolute Gasteiger partial charge is 0.0258 e. The van der Waals surface area contributed by atoms with Gasteiger partial charge in [0, 0.05) is 12.7 Å². The van der Waals surface area contributed by atoms with Gasteiger partial charge in [-0.25, -0.2) is 0 Å². The fourth-order valence-electron chi connectivity index (χ4n) is 0.102. The predicted molar refractivity (Wildman–Crippen MR) is 39.7 cm³/mol. The van der Waals surface area contributed by atoms with Crippen molar-refractivity contribution in [3.8, 4) is 0 Å². The van der Waals surface area contributed by atoms with Crippen molar-refractivity contribution in [2.45, 2.75) is 13.8 Å². The maximum Gasteiger partial charge on any atom is 0.0258 e. The number of allylic oxidation sites excluding steroid dienone is 1. The third-order valence-corrected chi connectivity index (χ3v) is 0.568. The third kappa shape index (κ3) is 8.99. The molecule has 1 nitrogen and oxygen atoms in total. The molecule has 0 aliphatic rings. The number of nitrogens with one attached hydrogen (secondary N) is 1. The van der Waals surface area contributed by atoms with E-state index in [2.05, 4.69) is 18.5 Å². The van der Waals surface area contributed by atoms with Crippen molar-refractivity contribution in [3.05, 3.63) is 24.9 Å². The normalized spacial score (nSPS) is 5.88. The summed E-state index contributed by atoms with van der Waals surface area (Å²) in [6.07, 6.45) is 1.67. The van der Waals surface area contributed by atoms with Gasteiger partial charge in [0.1, 0.15) is 0 Å². The van der Waals surface area contributed by atoms with E-state index in [1.807, 2.05) is 20.9 Å². The number of hydrogen-bond donors (Lipinski definition) is 1. The van der Waals surface area contributed by atoms with Crippen LogP contribution >= 0.6 is 0 Å². The van der Waals surface area contributed by atoms with Gasteiger partial charge in [0.15, 0.2) is 0 Å². The summed E-state index contributed by atoms with van der Waals surface area (Å²) in [5.74, 6) is 0. The summed E-state index contributed by atoms with van der Waals surface area (Å²) in [7, 11) is 1.81. The Labute approximate surface area is 52.1 Å². The molecule has 0 atom stereocenters. The van der Waals surface area contributed by atoms with E-state index in [0.29, 0.717) is 0 Å². The van der Waals surface area contributed by atoms with Crippen LogP contribution in [0.1, 0.15) is 13.8 Å². The molecule has 0 aromatic heterocycles. The van der Waals surface area contributed by atoms with Crippen LogP contribution < -0.4 is 5.32 Å². The van der Waals surface area contributed by atoms with Gasteiger partial charge < -0.3 is 5.32 Å². The van der Waals surface area contributed by atoms with Gasteiger partial charge in [0.05, 0.1) is 0 Å². The first-order chi connectivity index (χ1) is 3.81. The molecule has 0 aromatic carbocycles. The quantitative estimate of drug-likeness (QED) is 0.539. The molecule has 0 aromatic rings. The highest BCUT2D eigenvalue weighted by Crippen LogP contribution is 1.76. The first-order valence-corrected chi connectivity index (χ1v) is 2.80. The molecule has 48 valence electrons. The van der Waals surface area contributed by atoms with Crippen molar-refractivity contribution >= 4 is 0 Å². The highest BCUT2D eigenvalue weighted by atomic mass is 14.8. The van der Waals surface area contributed by atoms with Gasteiger partial charge in [-0.3, -0.25) is 0 Å². The maximum absolute atomic E-state index is 3.56. The van der Waals surface area contributed by atoms with E-state index in [-0.39, 0.29) is 0 Å². The van der Waals surface area contributed by atoms with E-state index in [1.54, 1.807) is 6.08 Å². The van der Waals surface area contributed by atoms with E-state index in [9.17, 15) is 0 Å². The highest BCUT2D eigenvalue weighted by Gasteiger charge is 1.68. The van der Waals surface area contributed by atoms with Gasteiger partial charge in [-0.15, -0.1) is 0 Å². The lowest BCUT2D eigenvalue weighted by Gasteiger charge is -1.90. The first-order valence-electron chi connectivity index (χ1n) is 2.80. The van der Waals surface area contributed by atoms with Crippen LogP contribution in [0.4, 0.5) is 0 Å². The first kappa shape index (κ1) is 10.3. The largest absolute Gasteiger partial charge is 0.389 e. The second-order valence-corrected chi connectivity index (χ2v) is 0.979. The zero-order valence-corrected chi connectivity index (χ0v) is 5.99. The van der Waals surface area contributed by atoms with Gasteiger partial charge in [-0.2, -0.15) is 0 Å². The summed E-state index contributed by atoms with van der Waals surface area (Å²) in [5.41, 5.74) is 0.856. The van der Waals surface area contributed by atoms with E-state index in [4.69, 9.17) is 0 Å². The Morgan fingerprint density at radius 3 is 1.88 bits per heavy atom. The van der Waals surface area contributed by atoms with Crippen LogP contribution in [0.3, 0.4) is 0 Å². The standard InChI is InChI=1S/C5H9N.C2H6/c1-4-5(2)6-3;1-2/h4,6H,1-2H2,3H3;1-2H3. The molecule has 8 heavy (non-hydrogen) atoms. The number of likely N-dealkylation sites (N-methyl/N-ethyl adjacent to an activating group) is 1. The Balaban J connectivity index is 0. The Hall–Kier alpha value is -0.720. The molecule has 0 heterocycles.